The fourth-order valence-corrected chi connectivity index (χ4v) is 3.62. The zero-order valence-electron chi connectivity index (χ0n) is 17.2. The zero-order chi connectivity index (χ0) is 21.6. The molecule has 0 bridgehead atoms. The molecule has 0 aliphatic carbocycles. The van der Waals surface area contributed by atoms with Crippen LogP contribution in [0.2, 0.25) is 0 Å². The van der Waals surface area contributed by atoms with Gasteiger partial charge in [-0.2, -0.15) is 4.94 Å². The van der Waals surface area contributed by atoms with Crippen LogP contribution in [0.25, 0.3) is 10.4 Å². The molecule has 1 amide bonds. The number of halogens is 1. The molecule has 2 aliphatic rings. The molecule has 7 nitrogen and oxygen atoms in total. The third-order valence-electron chi connectivity index (χ3n) is 4.68. The molecule has 3 heterocycles. The van der Waals surface area contributed by atoms with E-state index in [1.54, 1.807) is 11.3 Å². The van der Waals surface area contributed by atoms with Crippen molar-refractivity contribution in [2.24, 2.45) is 0 Å². The number of hydrogen-bond donors (Lipinski definition) is 3. The number of ether oxygens (including phenoxy) is 1. The van der Waals surface area contributed by atoms with Gasteiger partial charge in [0, 0.05) is 25.9 Å². The summed E-state index contributed by atoms with van der Waals surface area (Å²) in [5.74, 6) is 0. The number of nitrogens with one attached hydrogen (secondary N) is 2. The van der Waals surface area contributed by atoms with Gasteiger partial charge < -0.3 is 20.5 Å². The van der Waals surface area contributed by atoms with Crippen molar-refractivity contribution in [1.29, 1.82) is 0 Å². The highest BCUT2D eigenvalue weighted by Crippen LogP contribution is 2.22. The largest absolute Gasteiger partial charge is 0.465 e. The fourth-order valence-electron chi connectivity index (χ4n) is 2.99. The number of aromatic nitrogens is 1. The molecule has 2 fully saturated rings. The van der Waals surface area contributed by atoms with Gasteiger partial charge in [-0.05, 0) is 49.2 Å². The molecule has 2 aromatic rings. The van der Waals surface area contributed by atoms with Crippen molar-refractivity contribution in [3.05, 3.63) is 41.5 Å². The molecule has 4 rings (SSSR count). The number of hydrogen-bond acceptors (Lipinski definition) is 6. The Balaban J connectivity index is 0.000000166. The lowest BCUT2D eigenvalue weighted by atomic mass is 10.1. The molecule has 166 valence electrons. The highest BCUT2D eigenvalue weighted by atomic mass is 32.1. The first-order valence-electron chi connectivity index (χ1n) is 10.1. The number of carbonyl (C=O) groups is 1. The first-order valence-corrected chi connectivity index (χ1v) is 11.0. The van der Waals surface area contributed by atoms with Gasteiger partial charge >= 0.3 is 6.09 Å². The average Bonchev–Trinajstić information content (AvgIpc) is 3.52. The van der Waals surface area contributed by atoms with E-state index < -0.39 is 6.09 Å². The summed E-state index contributed by atoms with van der Waals surface area (Å²) >= 11 is 1.67. The van der Waals surface area contributed by atoms with Crippen molar-refractivity contribution in [2.75, 3.05) is 26.2 Å². The minimum atomic E-state index is -0.956. The first kappa shape index (κ1) is 24.2. The second-order valence-electron chi connectivity index (χ2n) is 7.09. The minimum absolute atomic E-state index is 0.181. The summed E-state index contributed by atoms with van der Waals surface area (Å²) in [4.78, 5) is 18.8. The van der Waals surface area contributed by atoms with E-state index in [0.717, 1.165) is 38.8 Å². The number of nitrogens with zero attached hydrogens (tertiary/aromatic N) is 1. The molecular formula is C21H30FN3O4S. The smallest absolute Gasteiger partial charge is 0.404 e. The number of benzene rings is 1. The SMILES string of the molecule is Cc1ccc(-c2cncs2)cc1.FOC1CCNC1.O=C(O)NCCC1CCCO1. The summed E-state index contributed by atoms with van der Waals surface area (Å²) < 4.78 is 16.5. The van der Waals surface area contributed by atoms with Gasteiger partial charge in [-0.15, -0.1) is 11.3 Å². The standard InChI is InChI=1S/C10H9NS.C7H13NO3.C4H8FNO/c1-8-2-4-9(5-3-8)10-6-11-7-12-10;9-7(10)8-4-3-6-2-1-5-11-6;5-7-4-1-2-6-3-4/h2-7H,1H3;6,8H,1-5H2,(H,9,10);4,6H,1-3H2. The Labute approximate surface area is 180 Å². The summed E-state index contributed by atoms with van der Waals surface area (Å²) in [6, 6.07) is 8.50. The Bertz CT molecular complexity index is 704. The lowest BCUT2D eigenvalue weighted by Crippen LogP contribution is -2.24. The van der Waals surface area contributed by atoms with Crippen molar-refractivity contribution in [3.8, 4) is 10.4 Å². The predicted molar refractivity (Wildman–Crippen MR) is 115 cm³/mol. The van der Waals surface area contributed by atoms with Crippen LogP contribution in [0, 0.1) is 6.92 Å². The van der Waals surface area contributed by atoms with E-state index in [0.29, 0.717) is 13.1 Å². The fraction of sp³-hybridized carbons (Fsp3) is 0.524. The molecule has 30 heavy (non-hydrogen) atoms. The zero-order valence-corrected chi connectivity index (χ0v) is 18.0. The Kier molecular flexibility index (Phi) is 11.3. The van der Waals surface area contributed by atoms with Gasteiger partial charge in [0.05, 0.1) is 16.5 Å². The molecule has 9 heteroatoms. The van der Waals surface area contributed by atoms with Crippen LogP contribution in [-0.2, 0) is 9.68 Å². The van der Waals surface area contributed by atoms with Crippen molar-refractivity contribution in [2.45, 2.75) is 44.8 Å². The van der Waals surface area contributed by atoms with E-state index >= 15 is 0 Å². The van der Waals surface area contributed by atoms with Crippen LogP contribution in [0.15, 0.2) is 36.0 Å². The van der Waals surface area contributed by atoms with Gasteiger partial charge in [0.1, 0.15) is 6.10 Å². The van der Waals surface area contributed by atoms with E-state index in [2.05, 4.69) is 51.7 Å². The number of thiazole rings is 1. The molecule has 2 saturated heterocycles. The van der Waals surface area contributed by atoms with Gasteiger partial charge in [-0.3, -0.25) is 4.98 Å². The van der Waals surface area contributed by atoms with E-state index in [1.807, 2.05) is 11.7 Å². The molecule has 1 aromatic carbocycles. The van der Waals surface area contributed by atoms with E-state index in [9.17, 15) is 9.32 Å². The molecule has 0 saturated carbocycles. The van der Waals surface area contributed by atoms with Crippen molar-refractivity contribution in [1.82, 2.24) is 15.6 Å². The lowest BCUT2D eigenvalue weighted by molar-refractivity contribution is -0.171. The second-order valence-corrected chi connectivity index (χ2v) is 7.98. The van der Waals surface area contributed by atoms with E-state index in [4.69, 9.17) is 9.84 Å². The molecule has 2 unspecified atom stereocenters. The molecule has 3 N–H and O–H groups in total. The van der Waals surface area contributed by atoms with Gasteiger partial charge in [0.15, 0.2) is 0 Å². The third kappa shape index (κ3) is 9.62. The van der Waals surface area contributed by atoms with Crippen molar-refractivity contribution >= 4 is 17.4 Å². The highest BCUT2D eigenvalue weighted by molar-refractivity contribution is 7.13. The number of rotatable bonds is 5. The lowest BCUT2D eigenvalue weighted by Gasteiger charge is -2.07. The summed E-state index contributed by atoms with van der Waals surface area (Å²) in [5.41, 5.74) is 4.40. The van der Waals surface area contributed by atoms with Crippen LogP contribution >= 0.6 is 11.3 Å². The summed E-state index contributed by atoms with van der Waals surface area (Å²) in [5, 5.41) is 13.5. The van der Waals surface area contributed by atoms with E-state index in [-0.39, 0.29) is 12.2 Å². The highest BCUT2D eigenvalue weighted by Gasteiger charge is 2.15. The maximum Gasteiger partial charge on any atom is 0.404 e. The Morgan fingerprint density at radius 2 is 2.20 bits per heavy atom. The maximum atomic E-state index is 11.2. The van der Waals surface area contributed by atoms with Crippen LogP contribution in [0.4, 0.5) is 9.32 Å². The number of carboxylic acid groups (broad SMARTS) is 1. The normalized spacial score (nSPS) is 19.9. The van der Waals surface area contributed by atoms with Crippen LogP contribution in [0.1, 0.15) is 31.2 Å². The van der Waals surface area contributed by atoms with Gasteiger partial charge in [0.2, 0.25) is 0 Å². The van der Waals surface area contributed by atoms with Crippen LogP contribution < -0.4 is 10.6 Å². The van der Waals surface area contributed by atoms with Crippen LogP contribution in [-0.4, -0.2) is 54.6 Å². The number of amides is 1. The van der Waals surface area contributed by atoms with Crippen LogP contribution in [0.5, 0.6) is 0 Å². The van der Waals surface area contributed by atoms with Crippen molar-refractivity contribution < 1.29 is 24.1 Å². The molecule has 0 radical (unpaired) electrons. The quantitative estimate of drug-likeness (QED) is 0.647. The molecular weight excluding hydrogens is 409 g/mol. The number of aryl methyl sites for hydroxylation is 1. The predicted octanol–water partition coefficient (Wildman–Crippen LogP) is 4.19. The van der Waals surface area contributed by atoms with E-state index in [1.165, 1.54) is 16.0 Å². The van der Waals surface area contributed by atoms with Gasteiger partial charge in [-0.1, -0.05) is 29.8 Å². The topological polar surface area (TPSA) is 92.7 Å². The molecule has 2 aliphatic heterocycles. The molecule has 2 atom stereocenters. The third-order valence-corrected chi connectivity index (χ3v) is 5.50. The first-order chi connectivity index (χ1) is 14.6. The Morgan fingerprint density at radius 1 is 1.40 bits per heavy atom. The molecule has 0 spiro atoms. The summed E-state index contributed by atoms with van der Waals surface area (Å²) in [7, 11) is 0. The summed E-state index contributed by atoms with van der Waals surface area (Å²) in [6.07, 6.45) is 4.82. The minimum Gasteiger partial charge on any atom is -0.465 e. The Morgan fingerprint density at radius 3 is 2.70 bits per heavy atom. The summed E-state index contributed by atoms with van der Waals surface area (Å²) in [6.45, 7) is 4.97. The monoisotopic (exact) mass is 439 g/mol. The second kappa shape index (κ2) is 14.0. The average molecular weight is 440 g/mol. The van der Waals surface area contributed by atoms with Crippen molar-refractivity contribution in [3.63, 3.8) is 0 Å². The Hall–Kier alpha value is -2.07. The van der Waals surface area contributed by atoms with Crippen LogP contribution in [0.3, 0.4) is 0 Å². The van der Waals surface area contributed by atoms with Gasteiger partial charge in [-0.25, -0.2) is 4.79 Å². The van der Waals surface area contributed by atoms with Gasteiger partial charge in [0.25, 0.3) is 0 Å². The maximum absolute atomic E-state index is 11.2. The molecule has 1 aromatic heterocycles.